The van der Waals surface area contributed by atoms with Gasteiger partial charge in [0.2, 0.25) is 0 Å². The van der Waals surface area contributed by atoms with E-state index in [4.69, 9.17) is 0 Å². The molecule has 1 aliphatic carbocycles. The van der Waals surface area contributed by atoms with Gasteiger partial charge in [0, 0.05) is 44.0 Å². The molecule has 2 fully saturated rings. The van der Waals surface area contributed by atoms with Gasteiger partial charge < -0.3 is 4.90 Å². The van der Waals surface area contributed by atoms with Gasteiger partial charge >= 0.3 is 0 Å². The molecule has 2 heterocycles. The normalized spacial score (nSPS) is 20.6. The van der Waals surface area contributed by atoms with Crippen molar-refractivity contribution in [2.24, 2.45) is 0 Å². The maximum Gasteiger partial charge on any atom is 0.104 e. The summed E-state index contributed by atoms with van der Waals surface area (Å²) >= 11 is 0. The highest BCUT2D eigenvalue weighted by Crippen LogP contribution is 2.28. The molecule has 0 bridgehead atoms. The molecular weight excluding hydrogens is 250 g/mol. The molecule has 3 rings (SSSR count). The van der Waals surface area contributed by atoms with Crippen molar-refractivity contribution in [1.82, 2.24) is 9.88 Å². The van der Waals surface area contributed by atoms with Gasteiger partial charge in [0.05, 0.1) is 11.9 Å². The molecule has 0 atom stereocenters. The summed E-state index contributed by atoms with van der Waals surface area (Å²) in [5, 5.41) is 0. The zero-order chi connectivity index (χ0) is 13.1. The molecule has 1 aromatic rings. The first-order chi connectivity index (χ1) is 9.36. The van der Waals surface area contributed by atoms with Crippen LogP contribution in [0.4, 0.5) is 5.69 Å². The maximum absolute atomic E-state index is 4.34. The molecule has 1 saturated carbocycles. The topological polar surface area (TPSA) is 19.4 Å². The lowest BCUT2D eigenvalue weighted by Gasteiger charge is -2.36. The van der Waals surface area contributed by atoms with E-state index in [2.05, 4.69) is 38.9 Å². The molecule has 100 valence electrons. The van der Waals surface area contributed by atoms with E-state index in [1.54, 1.807) is 0 Å². The van der Waals surface area contributed by atoms with Crippen LogP contribution < -0.4 is 4.90 Å². The number of nitrogens with zero attached hydrogens (tertiary/aromatic N) is 3. The Balaban J connectivity index is 1.65. The highest BCUT2D eigenvalue weighted by atomic mass is 28.2. The van der Waals surface area contributed by atoms with Gasteiger partial charge in [-0.15, -0.1) is 5.54 Å². The summed E-state index contributed by atoms with van der Waals surface area (Å²) in [6.45, 7) is 6.85. The zero-order valence-corrected chi connectivity index (χ0v) is 13.0. The van der Waals surface area contributed by atoms with E-state index in [1.165, 1.54) is 31.6 Å². The fourth-order valence-corrected chi connectivity index (χ4v) is 3.03. The number of hydrogen-bond donors (Lipinski definition) is 0. The predicted octanol–water partition coefficient (Wildman–Crippen LogP) is 0.892. The van der Waals surface area contributed by atoms with Crippen LogP contribution in [-0.4, -0.2) is 51.6 Å². The van der Waals surface area contributed by atoms with Crippen molar-refractivity contribution in [3.8, 4) is 11.5 Å². The minimum Gasteiger partial charge on any atom is -0.368 e. The second kappa shape index (κ2) is 5.77. The van der Waals surface area contributed by atoms with E-state index in [1.807, 2.05) is 12.4 Å². The van der Waals surface area contributed by atoms with Crippen LogP contribution in [0.25, 0.3) is 0 Å². The summed E-state index contributed by atoms with van der Waals surface area (Å²) in [4.78, 5) is 9.42. The largest absolute Gasteiger partial charge is 0.368 e. The van der Waals surface area contributed by atoms with Gasteiger partial charge in [-0.1, -0.05) is 12.5 Å². The molecule has 1 aromatic heterocycles. The summed E-state index contributed by atoms with van der Waals surface area (Å²) in [7, 11) is -0.184. The Morgan fingerprint density at radius 1 is 1.21 bits per heavy atom. The summed E-state index contributed by atoms with van der Waals surface area (Å²) in [6, 6.07) is 3.09. The van der Waals surface area contributed by atoms with Gasteiger partial charge in [-0.2, -0.15) is 0 Å². The third kappa shape index (κ3) is 3.17. The van der Waals surface area contributed by atoms with Gasteiger partial charge in [0.25, 0.3) is 0 Å². The Morgan fingerprint density at radius 3 is 2.68 bits per heavy atom. The Hall–Kier alpha value is -1.31. The van der Waals surface area contributed by atoms with Crippen LogP contribution in [0.3, 0.4) is 0 Å². The van der Waals surface area contributed by atoms with Crippen LogP contribution in [0, 0.1) is 11.5 Å². The zero-order valence-electron chi connectivity index (χ0n) is 11.6. The van der Waals surface area contributed by atoms with E-state index >= 15 is 0 Å². The minimum atomic E-state index is -0.184. The van der Waals surface area contributed by atoms with Crippen LogP contribution in [0.1, 0.15) is 18.4 Å². The number of hydrogen-bond acceptors (Lipinski definition) is 3. The van der Waals surface area contributed by atoms with Crippen LogP contribution in [0.2, 0.25) is 6.55 Å². The Morgan fingerprint density at radius 2 is 2.00 bits per heavy atom. The molecule has 0 unspecified atom stereocenters. The summed E-state index contributed by atoms with van der Waals surface area (Å²) < 4.78 is 0. The number of pyridine rings is 1. The number of piperazine rings is 1. The van der Waals surface area contributed by atoms with Crippen molar-refractivity contribution in [3.05, 3.63) is 24.0 Å². The summed E-state index contributed by atoms with van der Waals surface area (Å²) in [5.74, 6) is 3.22. The fourth-order valence-electron chi connectivity index (χ4n) is 2.64. The van der Waals surface area contributed by atoms with E-state index < -0.39 is 0 Å². The smallest absolute Gasteiger partial charge is 0.104 e. The Bertz CT molecular complexity index is 494. The second-order valence-electron chi connectivity index (χ2n) is 5.34. The first kappa shape index (κ1) is 12.7. The molecule has 1 saturated heterocycles. The average molecular weight is 271 g/mol. The van der Waals surface area contributed by atoms with E-state index in [-0.39, 0.29) is 9.52 Å². The molecular formula is C15H21N3Si. The Kier molecular flexibility index (Phi) is 3.86. The Labute approximate surface area is 117 Å². The van der Waals surface area contributed by atoms with Crippen molar-refractivity contribution in [2.75, 3.05) is 31.1 Å². The average Bonchev–Trinajstić information content (AvgIpc) is 3.30. The fraction of sp³-hybridized carbons (Fsp3) is 0.533. The molecule has 3 nitrogen and oxygen atoms in total. The molecule has 1 aliphatic heterocycles. The molecule has 0 radical (unpaired) electrons. The SMILES string of the molecule is C[SiH2]C#Cc1cncc(N2CCN(C3CC3)CC2)c1. The van der Waals surface area contributed by atoms with Crippen LogP contribution >= 0.6 is 0 Å². The summed E-state index contributed by atoms with van der Waals surface area (Å²) in [6.07, 6.45) is 6.67. The van der Waals surface area contributed by atoms with Crippen molar-refractivity contribution in [2.45, 2.75) is 25.4 Å². The third-order valence-electron chi connectivity index (χ3n) is 3.88. The van der Waals surface area contributed by atoms with Gasteiger partial charge in [-0.3, -0.25) is 9.88 Å². The molecule has 19 heavy (non-hydrogen) atoms. The monoisotopic (exact) mass is 271 g/mol. The van der Waals surface area contributed by atoms with Crippen LogP contribution in [0.15, 0.2) is 18.5 Å². The first-order valence-corrected chi connectivity index (χ1v) is 9.42. The van der Waals surface area contributed by atoms with Crippen molar-refractivity contribution in [1.29, 1.82) is 0 Å². The quantitative estimate of drug-likeness (QED) is 0.588. The van der Waals surface area contributed by atoms with Crippen molar-refractivity contribution in [3.63, 3.8) is 0 Å². The van der Waals surface area contributed by atoms with Crippen LogP contribution in [-0.2, 0) is 0 Å². The van der Waals surface area contributed by atoms with Gasteiger partial charge in [-0.05, 0) is 18.9 Å². The molecule has 0 N–H and O–H groups in total. The van der Waals surface area contributed by atoms with Crippen molar-refractivity contribution < 1.29 is 0 Å². The lowest BCUT2D eigenvalue weighted by molar-refractivity contribution is 0.248. The molecule has 4 heteroatoms. The highest BCUT2D eigenvalue weighted by molar-refractivity contribution is 6.44. The van der Waals surface area contributed by atoms with Crippen LogP contribution in [0.5, 0.6) is 0 Å². The minimum absolute atomic E-state index is 0.184. The predicted molar refractivity (Wildman–Crippen MR) is 82.3 cm³/mol. The van der Waals surface area contributed by atoms with E-state index in [0.29, 0.717) is 0 Å². The van der Waals surface area contributed by atoms with Gasteiger partial charge in [0.1, 0.15) is 9.52 Å². The van der Waals surface area contributed by atoms with E-state index in [0.717, 1.165) is 24.7 Å². The van der Waals surface area contributed by atoms with Gasteiger partial charge in [0.15, 0.2) is 0 Å². The number of anilines is 1. The standard InChI is InChI=1S/C15H21N3Si/c1-19-9-4-13-10-15(12-16-11-13)18-7-5-17(6-8-18)14-2-3-14/h10-12,14H,2-3,5-8,19H2,1H3. The van der Waals surface area contributed by atoms with Crippen molar-refractivity contribution >= 4 is 15.2 Å². The number of rotatable bonds is 2. The first-order valence-electron chi connectivity index (χ1n) is 7.29. The molecule has 0 amide bonds. The van der Waals surface area contributed by atoms with Gasteiger partial charge in [-0.25, -0.2) is 0 Å². The summed E-state index contributed by atoms with van der Waals surface area (Å²) in [5.41, 5.74) is 5.55. The molecule has 0 aromatic carbocycles. The molecule has 2 aliphatic rings. The molecule has 0 spiro atoms. The lowest BCUT2D eigenvalue weighted by Crippen LogP contribution is -2.47. The number of aromatic nitrogens is 1. The maximum atomic E-state index is 4.34. The highest BCUT2D eigenvalue weighted by Gasteiger charge is 2.31. The second-order valence-corrected chi connectivity index (χ2v) is 6.40. The van der Waals surface area contributed by atoms with E-state index in [9.17, 15) is 0 Å². The third-order valence-corrected chi connectivity index (χ3v) is 4.41. The lowest BCUT2D eigenvalue weighted by atomic mass is 10.2.